The summed E-state index contributed by atoms with van der Waals surface area (Å²) in [5.74, 6) is -1.63. The van der Waals surface area contributed by atoms with Gasteiger partial charge in [0.15, 0.2) is 0 Å². The smallest absolute Gasteiger partial charge is 0.277 e. The van der Waals surface area contributed by atoms with Gasteiger partial charge < -0.3 is 0 Å². The van der Waals surface area contributed by atoms with Gasteiger partial charge in [0.05, 0.1) is 16.2 Å². The summed E-state index contributed by atoms with van der Waals surface area (Å²) in [6, 6.07) is 8.76. The first-order valence-corrected chi connectivity index (χ1v) is 9.42. The van der Waals surface area contributed by atoms with Crippen LogP contribution in [0.15, 0.2) is 58.3 Å². The summed E-state index contributed by atoms with van der Waals surface area (Å²) in [5.41, 5.74) is 0.731. The fourth-order valence-electron chi connectivity index (χ4n) is 1.76. The van der Waals surface area contributed by atoms with Crippen LogP contribution in [0.3, 0.4) is 0 Å². The maximum atomic E-state index is 13.4. The third-order valence-electron chi connectivity index (χ3n) is 2.99. The van der Waals surface area contributed by atoms with E-state index in [4.69, 9.17) is 0 Å². The van der Waals surface area contributed by atoms with Crippen molar-refractivity contribution >= 4 is 27.7 Å². The molecule has 26 heavy (non-hydrogen) atoms. The van der Waals surface area contributed by atoms with Crippen molar-refractivity contribution in [1.82, 2.24) is 10.3 Å². The third kappa shape index (κ3) is 5.44. The first-order chi connectivity index (χ1) is 12.1. The summed E-state index contributed by atoms with van der Waals surface area (Å²) in [6.45, 7) is 0. The van der Waals surface area contributed by atoms with E-state index in [1.165, 1.54) is 18.2 Å². The zero-order chi connectivity index (χ0) is 19.4. The Labute approximate surface area is 150 Å². The van der Waals surface area contributed by atoms with Crippen molar-refractivity contribution in [3.05, 3.63) is 59.9 Å². The summed E-state index contributed by atoms with van der Waals surface area (Å²) in [6.07, 6.45) is -4.70. The van der Waals surface area contributed by atoms with Gasteiger partial charge in [0, 0.05) is 4.90 Å². The second kappa shape index (κ2) is 8.06. The molecule has 0 saturated heterocycles. The van der Waals surface area contributed by atoms with E-state index in [0.717, 1.165) is 30.0 Å². The van der Waals surface area contributed by atoms with Gasteiger partial charge in [-0.1, -0.05) is 18.2 Å². The van der Waals surface area contributed by atoms with Crippen molar-refractivity contribution in [1.29, 1.82) is 0 Å². The zero-order valence-corrected chi connectivity index (χ0v) is 14.5. The predicted octanol–water partition coefficient (Wildman–Crippen LogP) is 2.95. The lowest BCUT2D eigenvalue weighted by Crippen LogP contribution is -2.42. The average molecular weight is 408 g/mol. The van der Waals surface area contributed by atoms with Crippen LogP contribution < -0.4 is 10.3 Å². The van der Waals surface area contributed by atoms with Gasteiger partial charge in [-0.3, -0.25) is 10.2 Å². The van der Waals surface area contributed by atoms with Crippen LogP contribution in [0.5, 0.6) is 0 Å². The van der Waals surface area contributed by atoms with Crippen LogP contribution in [0.1, 0.15) is 5.56 Å². The molecule has 0 aliphatic rings. The number of amides is 1. The van der Waals surface area contributed by atoms with Crippen LogP contribution in [0.2, 0.25) is 0 Å². The number of sulfonamides is 1. The highest BCUT2D eigenvalue weighted by Gasteiger charge is 2.31. The second-order valence-corrected chi connectivity index (χ2v) is 7.60. The Kier molecular flexibility index (Phi) is 6.26. The van der Waals surface area contributed by atoms with Crippen molar-refractivity contribution in [2.45, 2.75) is 16.0 Å². The first-order valence-electron chi connectivity index (χ1n) is 6.95. The molecule has 0 heterocycles. The number of hydrogen-bond acceptors (Lipinski definition) is 4. The Morgan fingerprint density at radius 3 is 2.42 bits per heavy atom. The summed E-state index contributed by atoms with van der Waals surface area (Å²) in [4.78, 5) is 12.9. The van der Waals surface area contributed by atoms with Gasteiger partial charge >= 0.3 is 6.18 Å². The molecular formula is C15H12F4N2O3S2. The molecule has 0 fully saturated rings. The minimum atomic E-state index is -4.70. The van der Waals surface area contributed by atoms with Crippen LogP contribution in [0, 0.1) is 5.82 Å². The molecular weight excluding hydrogens is 396 g/mol. The first kappa shape index (κ1) is 20.2. The number of hydrogen-bond donors (Lipinski definition) is 2. The summed E-state index contributed by atoms with van der Waals surface area (Å²) >= 11 is 0.837. The van der Waals surface area contributed by atoms with Crippen LogP contribution >= 0.6 is 11.8 Å². The number of halogens is 4. The van der Waals surface area contributed by atoms with E-state index in [1.54, 1.807) is 10.9 Å². The third-order valence-corrected chi connectivity index (χ3v) is 5.29. The molecule has 1 amide bonds. The quantitative estimate of drug-likeness (QED) is 0.438. The number of nitrogens with one attached hydrogen (secondary N) is 2. The normalized spacial score (nSPS) is 12.0. The molecule has 0 radical (unpaired) electrons. The molecule has 0 unspecified atom stereocenters. The molecule has 2 aromatic rings. The lowest BCUT2D eigenvalue weighted by atomic mass is 10.2. The molecule has 11 heteroatoms. The van der Waals surface area contributed by atoms with E-state index in [1.807, 2.05) is 5.43 Å². The number of carbonyl (C=O) groups excluding carboxylic acids is 1. The molecule has 0 aliphatic carbocycles. The van der Waals surface area contributed by atoms with Crippen LogP contribution in [0.4, 0.5) is 17.6 Å². The van der Waals surface area contributed by atoms with Crippen LogP contribution in [0.25, 0.3) is 0 Å². The molecule has 140 valence electrons. The van der Waals surface area contributed by atoms with Gasteiger partial charge in [-0.2, -0.15) is 13.2 Å². The van der Waals surface area contributed by atoms with Crippen LogP contribution in [-0.2, 0) is 21.0 Å². The maximum absolute atomic E-state index is 13.4. The molecule has 0 aromatic heterocycles. The predicted molar refractivity (Wildman–Crippen MR) is 87.0 cm³/mol. The molecule has 2 N–H and O–H groups in total. The maximum Gasteiger partial charge on any atom is 0.416 e. The fourth-order valence-corrected chi connectivity index (χ4v) is 3.41. The Morgan fingerprint density at radius 2 is 1.77 bits per heavy atom. The Morgan fingerprint density at radius 1 is 1.08 bits per heavy atom. The Balaban J connectivity index is 1.97. The summed E-state index contributed by atoms with van der Waals surface area (Å²) in [5, 5.41) is 0. The number of hydrazine groups is 1. The molecule has 0 bridgehead atoms. The molecule has 5 nitrogen and oxygen atoms in total. The highest BCUT2D eigenvalue weighted by molar-refractivity contribution is 8.00. The van der Waals surface area contributed by atoms with Gasteiger partial charge in [0.2, 0.25) is 5.91 Å². The number of thioether (sulfide) groups is 1. The van der Waals surface area contributed by atoms with Gasteiger partial charge in [0.1, 0.15) is 5.82 Å². The van der Waals surface area contributed by atoms with E-state index >= 15 is 0 Å². The van der Waals surface area contributed by atoms with E-state index in [-0.39, 0.29) is 10.6 Å². The fraction of sp³-hybridized carbons (Fsp3) is 0.133. The van der Waals surface area contributed by atoms with Crippen LogP contribution in [-0.4, -0.2) is 20.1 Å². The number of benzene rings is 2. The summed E-state index contributed by atoms with van der Waals surface area (Å²) in [7, 11) is -4.39. The number of carbonyl (C=O) groups is 1. The number of rotatable bonds is 6. The van der Waals surface area contributed by atoms with Crippen molar-refractivity contribution in [2.24, 2.45) is 0 Å². The van der Waals surface area contributed by atoms with Gasteiger partial charge in [-0.15, -0.1) is 16.6 Å². The van der Waals surface area contributed by atoms with Crippen molar-refractivity contribution in [3.8, 4) is 0 Å². The van der Waals surface area contributed by atoms with Crippen molar-refractivity contribution < 1.29 is 30.8 Å². The molecule has 0 aliphatic heterocycles. The van der Waals surface area contributed by atoms with E-state index in [9.17, 15) is 30.8 Å². The van der Waals surface area contributed by atoms with Gasteiger partial charge in [0.25, 0.3) is 10.0 Å². The Bertz CT molecular complexity index is 902. The molecule has 0 atom stereocenters. The lowest BCUT2D eigenvalue weighted by molar-refractivity contribution is -0.137. The highest BCUT2D eigenvalue weighted by atomic mass is 32.2. The SMILES string of the molecule is O=C(CSc1ccccc1F)NNS(=O)(=O)c1cccc(C(F)(F)F)c1. The van der Waals surface area contributed by atoms with E-state index < -0.39 is 38.4 Å². The van der Waals surface area contributed by atoms with Gasteiger partial charge in [-0.05, 0) is 30.3 Å². The lowest BCUT2D eigenvalue weighted by Gasteiger charge is -2.11. The standard InChI is InChI=1S/C15H12F4N2O3S2/c16-12-6-1-2-7-13(12)25-9-14(22)20-21-26(23,24)11-5-3-4-10(8-11)15(17,18)19/h1-8,21H,9H2,(H,20,22). The Hall–Kier alpha value is -2.11. The van der Waals surface area contributed by atoms with Gasteiger partial charge in [-0.25, -0.2) is 12.8 Å². The molecule has 0 saturated carbocycles. The molecule has 2 aromatic carbocycles. The highest BCUT2D eigenvalue weighted by Crippen LogP contribution is 2.30. The largest absolute Gasteiger partial charge is 0.416 e. The average Bonchev–Trinajstić information content (AvgIpc) is 2.59. The monoisotopic (exact) mass is 408 g/mol. The molecule has 0 spiro atoms. The summed E-state index contributed by atoms with van der Waals surface area (Å²) < 4.78 is 75.3. The van der Waals surface area contributed by atoms with Crippen molar-refractivity contribution in [2.75, 3.05) is 5.75 Å². The molecule has 2 rings (SSSR count). The zero-order valence-electron chi connectivity index (χ0n) is 12.9. The number of alkyl halides is 3. The van der Waals surface area contributed by atoms with Crippen molar-refractivity contribution in [3.63, 3.8) is 0 Å². The van der Waals surface area contributed by atoms with E-state index in [0.29, 0.717) is 6.07 Å². The minimum Gasteiger partial charge on any atom is -0.277 e. The second-order valence-electron chi connectivity index (χ2n) is 4.90. The topological polar surface area (TPSA) is 75.3 Å². The van der Waals surface area contributed by atoms with E-state index in [2.05, 4.69) is 0 Å². The minimum absolute atomic E-state index is 0.198.